The first kappa shape index (κ1) is 17.5. The van der Waals surface area contributed by atoms with E-state index in [0.717, 1.165) is 25.7 Å². The van der Waals surface area contributed by atoms with Gasteiger partial charge in [0.05, 0.1) is 29.6 Å². The minimum atomic E-state index is -0.997. The summed E-state index contributed by atoms with van der Waals surface area (Å²) in [6.07, 6.45) is 4.86. The lowest BCUT2D eigenvalue weighted by atomic mass is 9.79. The van der Waals surface area contributed by atoms with Crippen LogP contribution in [0.4, 0.5) is 5.00 Å². The number of carbonyl (C=O) groups is 3. The maximum absolute atomic E-state index is 12.8. The van der Waals surface area contributed by atoms with Crippen molar-refractivity contribution in [1.29, 1.82) is 0 Å². The second-order valence-electron chi connectivity index (χ2n) is 7.29. The molecule has 140 valence electrons. The molecule has 2 bridgehead atoms. The molecule has 3 heterocycles. The highest BCUT2D eigenvalue weighted by Gasteiger charge is 2.55. The summed E-state index contributed by atoms with van der Waals surface area (Å²) in [6.45, 7) is 0. The molecule has 1 aliphatic carbocycles. The van der Waals surface area contributed by atoms with Crippen molar-refractivity contribution in [1.82, 2.24) is 5.32 Å². The van der Waals surface area contributed by atoms with Gasteiger partial charge in [-0.2, -0.15) is 0 Å². The third kappa shape index (κ3) is 3.12. The van der Waals surface area contributed by atoms with Crippen LogP contribution in [-0.2, 0) is 14.3 Å². The molecule has 26 heavy (non-hydrogen) atoms. The zero-order valence-electron chi connectivity index (χ0n) is 14.3. The van der Waals surface area contributed by atoms with E-state index in [1.165, 1.54) is 11.3 Å². The summed E-state index contributed by atoms with van der Waals surface area (Å²) in [4.78, 5) is 36.8. The number of anilines is 1. The van der Waals surface area contributed by atoms with Crippen LogP contribution in [0.15, 0.2) is 11.4 Å². The van der Waals surface area contributed by atoms with Crippen molar-refractivity contribution in [2.75, 3.05) is 5.32 Å². The Balaban J connectivity index is 1.46. The van der Waals surface area contributed by atoms with E-state index in [-0.39, 0.29) is 30.1 Å². The molecule has 0 aromatic carbocycles. The second-order valence-corrected chi connectivity index (χ2v) is 8.20. The lowest BCUT2D eigenvalue weighted by Crippen LogP contribution is -2.41. The minimum absolute atomic E-state index is 0.188. The highest BCUT2D eigenvalue weighted by Crippen LogP contribution is 2.44. The molecule has 7 nitrogen and oxygen atoms in total. The third-order valence-electron chi connectivity index (χ3n) is 5.70. The molecule has 0 spiro atoms. The monoisotopic (exact) mass is 378 g/mol. The standard InChI is InChI=1S/C18H22N2O5S/c21-15(19-9-3-1-2-4-9)10-7-8-26-17(10)20-16(22)13-11-5-6-12(25-11)14(13)18(23)24/h7-9,11-14H,1-6H2,(H,19,21)(H,20,22)(H,23,24)/t11-,12-,13-,14-/m0/s1. The predicted octanol–water partition coefficient (Wildman–Crippen LogP) is 2.24. The number of fused-ring (bicyclic) bond motifs is 2. The van der Waals surface area contributed by atoms with E-state index < -0.39 is 17.8 Å². The van der Waals surface area contributed by atoms with E-state index in [4.69, 9.17) is 4.74 Å². The molecule has 2 aliphatic heterocycles. The summed E-state index contributed by atoms with van der Waals surface area (Å²) in [7, 11) is 0. The SMILES string of the molecule is O=C(NC1CCCC1)c1ccsc1NC(=O)[C@@H]1[C@@H](C(=O)O)[C@@H]2CC[C@@H]1O2. The number of hydrogen-bond donors (Lipinski definition) is 3. The molecule has 3 fully saturated rings. The average molecular weight is 378 g/mol. The van der Waals surface area contributed by atoms with Gasteiger partial charge in [-0.1, -0.05) is 12.8 Å². The van der Waals surface area contributed by atoms with Gasteiger partial charge in [0.25, 0.3) is 5.91 Å². The normalized spacial score (nSPS) is 30.5. The van der Waals surface area contributed by atoms with Crippen molar-refractivity contribution >= 4 is 34.1 Å². The van der Waals surface area contributed by atoms with Crippen LogP contribution in [0.5, 0.6) is 0 Å². The summed E-state index contributed by atoms with van der Waals surface area (Å²) in [6, 6.07) is 1.89. The van der Waals surface area contributed by atoms with Gasteiger partial charge in [0.15, 0.2) is 0 Å². The van der Waals surface area contributed by atoms with Gasteiger partial charge in [0, 0.05) is 6.04 Å². The second kappa shape index (κ2) is 7.00. The van der Waals surface area contributed by atoms with Gasteiger partial charge in [-0.15, -0.1) is 11.3 Å². The van der Waals surface area contributed by atoms with Crippen LogP contribution in [-0.4, -0.2) is 41.1 Å². The van der Waals surface area contributed by atoms with Gasteiger partial charge >= 0.3 is 5.97 Å². The number of nitrogens with one attached hydrogen (secondary N) is 2. The largest absolute Gasteiger partial charge is 0.481 e. The first-order chi connectivity index (χ1) is 12.5. The van der Waals surface area contributed by atoms with Crippen LogP contribution >= 0.6 is 11.3 Å². The Morgan fingerprint density at radius 2 is 1.77 bits per heavy atom. The number of rotatable bonds is 5. The van der Waals surface area contributed by atoms with Gasteiger partial charge in [0.2, 0.25) is 5.91 Å². The molecule has 1 aromatic heterocycles. The van der Waals surface area contributed by atoms with Crippen LogP contribution in [0.3, 0.4) is 0 Å². The lowest BCUT2D eigenvalue weighted by molar-refractivity contribution is -0.147. The van der Waals surface area contributed by atoms with Gasteiger partial charge in [-0.25, -0.2) is 0 Å². The fraction of sp³-hybridized carbons (Fsp3) is 0.611. The number of aliphatic carboxylic acids is 1. The first-order valence-electron chi connectivity index (χ1n) is 9.12. The molecule has 0 radical (unpaired) electrons. The van der Waals surface area contributed by atoms with E-state index in [2.05, 4.69) is 10.6 Å². The van der Waals surface area contributed by atoms with Gasteiger partial charge in [0.1, 0.15) is 5.00 Å². The third-order valence-corrected chi connectivity index (χ3v) is 6.53. The van der Waals surface area contributed by atoms with Crippen molar-refractivity contribution < 1.29 is 24.2 Å². The van der Waals surface area contributed by atoms with Crippen molar-refractivity contribution in [2.24, 2.45) is 11.8 Å². The molecule has 4 rings (SSSR count). The summed E-state index contributed by atoms with van der Waals surface area (Å²) < 4.78 is 5.65. The number of ether oxygens (including phenoxy) is 1. The predicted molar refractivity (Wildman–Crippen MR) is 95.2 cm³/mol. The molecular weight excluding hydrogens is 356 g/mol. The van der Waals surface area contributed by atoms with E-state index in [0.29, 0.717) is 23.4 Å². The van der Waals surface area contributed by atoms with Crippen LogP contribution in [0, 0.1) is 11.8 Å². The molecule has 3 aliphatic rings. The fourth-order valence-corrected chi connectivity index (χ4v) is 5.23. The van der Waals surface area contributed by atoms with Crippen molar-refractivity contribution in [2.45, 2.75) is 56.8 Å². The molecule has 1 aromatic rings. The summed E-state index contributed by atoms with van der Waals surface area (Å²) in [5.74, 6) is -3.08. The Kier molecular flexibility index (Phi) is 4.71. The van der Waals surface area contributed by atoms with Crippen LogP contribution in [0.25, 0.3) is 0 Å². The zero-order chi connectivity index (χ0) is 18.3. The van der Waals surface area contributed by atoms with E-state index in [1.54, 1.807) is 11.4 Å². The number of hydrogen-bond acceptors (Lipinski definition) is 5. The van der Waals surface area contributed by atoms with E-state index in [1.807, 2.05) is 0 Å². The molecule has 1 saturated carbocycles. The summed E-state index contributed by atoms with van der Waals surface area (Å²) in [5.41, 5.74) is 0.436. The molecule has 2 saturated heterocycles. The van der Waals surface area contributed by atoms with Crippen molar-refractivity contribution in [3.63, 3.8) is 0 Å². The smallest absolute Gasteiger partial charge is 0.310 e. The van der Waals surface area contributed by atoms with Crippen LogP contribution in [0.2, 0.25) is 0 Å². The van der Waals surface area contributed by atoms with Gasteiger partial charge in [-0.05, 0) is 37.1 Å². The Morgan fingerprint density at radius 1 is 1.08 bits per heavy atom. The van der Waals surface area contributed by atoms with Crippen LogP contribution in [0.1, 0.15) is 48.9 Å². The number of amides is 2. The fourth-order valence-electron chi connectivity index (χ4n) is 4.44. The topological polar surface area (TPSA) is 105 Å². The van der Waals surface area contributed by atoms with Crippen molar-refractivity contribution in [3.8, 4) is 0 Å². The number of thiophene rings is 1. The maximum Gasteiger partial charge on any atom is 0.310 e. The Labute approximate surface area is 155 Å². The minimum Gasteiger partial charge on any atom is -0.481 e. The number of carbonyl (C=O) groups excluding carboxylic acids is 2. The molecule has 3 N–H and O–H groups in total. The molecule has 4 atom stereocenters. The average Bonchev–Trinajstić information content (AvgIpc) is 3.37. The molecule has 0 unspecified atom stereocenters. The molecule has 2 amide bonds. The molecular formula is C18H22N2O5S. The van der Waals surface area contributed by atoms with Gasteiger partial charge < -0.3 is 20.5 Å². The Bertz CT molecular complexity index is 727. The zero-order valence-corrected chi connectivity index (χ0v) is 15.1. The van der Waals surface area contributed by atoms with Crippen LogP contribution < -0.4 is 10.6 Å². The quantitative estimate of drug-likeness (QED) is 0.729. The Hall–Kier alpha value is -1.93. The maximum atomic E-state index is 12.8. The van der Waals surface area contributed by atoms with E-state index >= 15 is 0 Å². The highest BCUT2D eigenvalue weighted by atomic mass is 32.1. The lowest BCUT2D eigenvalue weighted by Gasteiger charge is -2.23. The first-order valence-corrected chi connectivity index (χ1v) is 10.00. The number of carboxylic acids is 1. The van der Waals surface area contributed by atoms with E-state index in [9.17, 15) is 19.5 Å². The Morgan fingerprint density at radius 3 is 2.46 bits per heavy atom. The summed E-state index contributed by atoms with van der Waals surface area (Å²) >= 11 is 1.27. The number of carboxylic acid groups (broad SMARTS) is 1. The molecule has 8 heteroatoms. The van der Waals surface area contributed by atoms with Gasteiger partial charge in [-0.3, -0.25) is 14.4 Å². The highest BCUT2D eigenvalue weighted by molar-refractivity contribution is 7.14. The summed E-state index contributed by atoms with van der Waals surface area (Å²) in [5, 5.41) is 17.5. The van der Waals surface area contributed by atoms with Crippen molar-refractivity contribution in [3.05, 3.63) is 17.0 Å².